The van der Waals surface area contributed by atoms with Crippen LogP contribution >= 0.6 is 24.0 Å². The molecule has 25 heavy (non-hydrogen) atoms. The Kier molecular flexibility index (Phi) is 11.2. The number of aromatic nitrogens is 2. The zero-order valence-electron chi connectivity index (χ0n) is 16.5. The largest absolute Gasteiger partial charge is 0.379 e. The molecule has 0 aliphatic heterocycles. The molecule has 1 heterocycles. The average molecular weight is 467 g/mol. The van der Waals surface area contributed by atoms with E-state index in [1.165, 1.54) is 0 Å². The highest BCUT2D eigenvalue weighted by Crippen LogP contribution is 2.20. The van der Waals surface area contributed by atoms with Crippen molar-refractivity contribution in [3.05, 3.63) is 11.7 Å². The molecule has 146 valence electrons. The second-order valence-corrected chi connectivity index (χ2v) is 7.27. The van der Waals surface area contributed by atoms with Gasteiger partial charge in [-0.15, -0.1) is 24.0 Å². The number of ether oxygens (including phenoxy) is 1. The van der Waals surface area contributed by atoms with Gasteiger partial charge in [0, 0.05) is 39.6 Å². The van der Waals surface area contributed by atoms with Gasteiger partial charge in [0.1, 0.15) is 0 Å². The summed E-state index contributed by atoms with van der Waals surface area (Å²) in [5.74, 6) is 2.52. The molecule has 1 atom stereocenters. The number of aliphatic imine (C=N–C) groups is 1. The van der Waals surface area contributed by atoms with Gasteiger partial charge in [0.15, 0.2) is 11.8 Å². The Bertz CT molecular complexity index is 511. The van der Waals surface area contributed by atoms with Crippen LogP contribution in [0.1, 0.15) is 58.7 Å². The summed E-state index contributed by atoms with van der Waals surface area (Å²) < 4.78 is 10.8. The van der Waals surface area contributed by atoms with Crippen LogP contribution in [0.5, 0.6) is 0 Å². The monoisotopic (exact) mass is 467 g/mol. The van der Waals surface area contributed by atoms with Gasteiger partial charge >= 0.3 is 0 Å². The third-order valence-corrected chi connectivity index (χ3v) is 3.79. The van der Waals surface area contributed by atoms with Gasteiger partial charge in [-0.2, -0.15) is 4.98 Å². The van der Waals surface area contributed by atoms with Crippen molar-refractivity contribution >= 4 is 29.9 Å². The van der Waals surface area contributed by atoms with Crippen molar-refractivity contribution in [3.8, 4) is 0 Å². The Morgan fingerprint density at radius 2 is 1.96 bits per heavy atom. The normalized spacial score (nSPS) is 13.5. The number of nitrogens with one attached hydrogen (secondary N) is 2. The van der Waals surface area contributed by atoms with Crippen molar-refractivity contribution in [3.63, 3.8) is 0 Å². The standard InChI is InChI=1S/C17H33N5O2.HI/c1-12(2)15-21-14(24-22-15)9-8-10-19-16(18-6)20-11-13(23-7)17(3,4)5;/h12-13H,8-11H2,1-7H3,(H2,18,19,20);1H. The molecule has 1 unspecified atom stereocenters. The first-order valence-electron chi connectivity index (χ1n) is 8.57. The van der Waals surface area contributed by atoms with Crippen molar-refractivity contribution in [1.29, 1.82) is 0 Å². The van der Waals surface area contributed by atoms with Crippen LogP contribution in [0.25, 0.3) is 0 Å². The summed E-state index contributed by atoms with van der Waals surface area (Å²) in [6.45, 7) is 12.1. The third kappa shape index (κ3) is 8.84. The van der Waals surface area contributed by atoms with Crippen LogP contribution in [0.15, 0.2) is 9.52 Å². The molecule has 1 aromatic rings. The molecule has 0 bridgehead atoms. The lowest BCUT2D eigenvalue weighted by Crippen LogP contribution is -2.45. The molecule has 8 heteroatoms. The average Bonchev–Trinajstić information content (AvgIpc) is 2.97. The number of methoxy groups -OCH3 is 1. The Balaban J connectivity index is 0.00000576. The lowest BCUT2D eigenvalue weighted by molar-refractivity contribution is 0.0205. The number of nitrogens with zero attached hydrogens (tertiary/aromatic N) is 3. The van der Waals surface area contributed by atoms with Crippen LogP contribution in [0.2, 0.25) is 0 Å². The maximum atomic E-state index is 5.54. The van der Waals surface area contributed by atoms with E-state index in [4.69, 9.17) is 9.26 Å². The third-order valence-electron chi connectivity index (χ3n) is 3.79. The van der Waals surface area contributed by atoms with Crippen molar-refractivity contribution in [2.75, 3.05) is 27.2 Å². The summed E-state index contributed by atoms with van der Waals surface area (Å²) in [7, 11) is 3.50. The van der Waals surface area contributed by atoms with Crippen LogP contribution in [0.4, 0.5) is 0 Å². The zero-order valence-corrected chi connectivity index (χ0v) is 18.9. The Labute approximate surface area is 168 Å². The van der Waals surface area contributed by atoms with E-state index in [1.807, 2.05) is 0 Å². The minimum absolute atomic E-state index is 0. The van der Waals surface area contributed by atoms with Crippen LogP contribution in [0.3, 0.4) is 0 Å². The molecule has 0 aromatic carbocycles. The summed E-state index contributed by atoms with van der Waals surface area (Å²) in [4.78, 5) is 8.61. The van der Waals surface area contributed by atoms with E-state index in [-0.39, 0.29) is 35.5 Å². The van der Waals surface area contributed by atoms with Crippen molar-refractivity contribution < 1.29 is 9.26 Å². The van der Waals surface area contributed by atoms with Crippen molar-refractivity contribution in [2.45, 2.75) is 59.5 Å². The second kappa shape index (κ2) is 11.7. The fraction of sp³-hybridized carbons (Fsp3) is 0.824. The Morgan fingerprint density at radius 3 is 2.44 bits per heavy atom. The first-order valence-corrected chi connectivity index (χ1v) is 8.57. The smallest absolute Gasteiger partial charge is 0.226 e. The van der Waals surface area contributed by atoms with E-state index < -0.39 is 0 Å². The molecular weight excluding hydrogens is 433 g/mol. The molecule has 0 radical (unpaired) electrons. The minimum atomic E-state index is 0. The maximum Gasteiger partial charge on any atom is 0.226 e. The van der Waals surface area contributed by atoms with E-state index in [0.29, 0.717) is 18.4 Å². The molecule has 0 amide bonds. The first kappa shape index (κ1) is 24.1. The highest BCUT2D eigenvalue weighted by atomic mass is 127. The number of guanidine groups is 1. The molecule has 2 N–H and O–H groups in total. The summed E-state index contributed by atoms with van der Waals surface area (Å²) in [6, 6.07) is 0. The van der Waals surface area contributed by atoms with E-state index >= 15 is 0 Å². The van der Waals surface area contributed by atoms with E-state index in [0.717, 1.165) is 31.2 Å². The SMILES string of the molecule is CN=C(NCCCc1nc(C(C)C)no1)NCC(OC)C(C)(C)C.I. The molecule has 0 aliphatic rings. The zero-order chi connectivity index (χ0) is 18.2. The molecule has 1 rings (SSSR count). The van der Waals surface area contributed by atoms with Gasteiger partial charge in [0.05, 0.1) is 6.10 Å². The summed E-state index contributed by atoms with van der Waals surface area (Å²) in [5, 5.41) is 10.6. The molecule has 0 saturated carbocycles. The van der Waals surface area contributed by atoms with Gasteiger partial charge in [-0.05, 0) is 11.8 Å². The lowest BCUT2D eigenvalue weighted by atomic mass is 9.89. The molecule has 0 spiro atoms. The number of halogens is 1. The van der Waals surface area contributed by atoms with Crippen LogP contribution in [-0.4, -0.2) is 49.5 Å². The van der Waals surface area contributed by atoms with Crippen LogP contribution < -0.4 is 10.6 Å². The van der Waals surface area contributed by atoms with Gasteiger partial charge in [-0.25, -0.2) is 0 Å². The summed E-state index contributed by atoms with van der Waals surface area (Å²) in [6.07, 6.45) is 1.77. The lowest BCUT2D eigenvalue weighted by Gasteiger charge is -2.30. The van der Waals surface area contributed by atoms with Gasteiger partial charge in [0.25, 0.3) is 0 Å². The Morgan fingerprint density at radius 1 is 1.28 bits per heavy atom. The predicted octanol–water partition coefficient (Wildman–Crippen LogP) is 2.97. The number of hydrogen-bond acceptors (Lipinski definition) is 5. The number of aryl methyl sites for hydroxylation is 1. The van der Waals surface area contributed by atoms with Crippen LogP contribution in [0, 0.1) is 5.41 Å². The van der Waals surface area contributed by atoms with E-state index in [2.05, 4.69) is 60.4 Å². The van der Waals surface area contributed by atoms with Gasteiger partial charge < -0.3 is 19.9 Å². The van der Waals surface area contributed by atoms with Crippen molar-refractivity contribution in [1.82, 2.24) is 20.8 Å². The fourth-order valence-electron chi connectivity index (χ4n) is 2.20. The van der Waals surface area contributed by atoms with Gasteiger partial charge in [-0.1, -0.05) is 39.8 Å². The minimum Gasteiger partial charge on any atom is -0.379 e. The van der Waals surface area contributed by atoms with E-state index in [1.54, 1.807) is 14.2 Å². The molecular formula is C17H34IN5O2. The fourth-order valence-corrected chi connectivity index (χ4v) is 2.20. The summed E-state index contributed by atoms with van der Waals surface area (Å²) >= 11 is 0. The van der Waals surface area contributed by atoms with Crippen LogP contribution in [-0.2, 0) is 11.2 Å². The van der Waals surface area contributed by atoms with Gasteiger partial charge in [-0.3, -0.25) is 4.99 Å². The Hall–Kier alpha value is -0.900. The quantitative estimate of drug-likeness (QED) is 0.265. The molecule has 0 fully saturated rings. The van der Waals surface area contributed by atoms with Crippen molar-refractivity contribution in [2.24, 2.45) is 10.4 Å². The highest BCUT2D eigenvalue weighted by molar-refractivity contribution is 14.0. The maximum absolute atomic E-state index is 5.54. The number of rotatable bonds is 8. The second-order valence-electron chi connectivity index (χ2n) is 7.27. The summed E-state index contributed by atoms with van der Waals surface area (Å²) in [5.41, 5.74) is 0.0761. The molecule has 1 aromatic heterocycles. The highest BCUT2D eigenvalue weighted by Gasteiger charge is 2.24. The topological polar surface area (TPSA) is 84.6 Å². The number of hydrogen-bond donors (Lipinski definition) is 2. The molecule has 0 aliphatic carbocycles. The first-order chi connectivity index (χ1) is 11.3. The predicted molar refractivity (Wildman–Crippen MR) is 112 cm³/mol. The molecule has 7 nitrogen and oxygen atoms in total. The molecule has 0 saturated heterocycles. The van der Waals surface area contributed by atoms with Gasteiger partial charge in [0.2, 0.25) is 5.89 Å². The van der Waals surface area contributed by atoms with E-state index in [9.17, 15) is 0 Å².